The lowest BCUT2D eigenvalue weighted by Crippen LogP contribution is -2.13. The maximum Gasteiger partial charge on any atom is 0.341 e. The maximum absolute atomic E-state index is 11.2. The van der Waals surface area contributed by atoms with Crippen LogP contribution in [0.3, 0.4) is 0 Å². The summed E-state index contributed by atoms with van der Waals surface area (Å²) in [6.45, 7) is 10.4. The van der Waals surface area contributed by atoms with Gasteiger partial charge < -0.3 is 9.84 Å². The Bertz CT molecular complexity index is 447. The Morgan fingerprint density at radius 2 is 2.00 bits per heavy atom. The molecule has 18 heavy (non-hydrogen) atoms. The van der Waals surface area contributed by atoms with Crippen LogP contribution in [-0.2, 0) is 0 Å². The molecule has 0 aliphatic carbocycles. The molecule has 0 saturated carbocycles. The highest BCUT2D eigenvalue weighted by Crippen LogP contribution is 2.24. The van der Waals surface area contributed by atoms with E-state index in [1.807, 2.05) is 6.92 Å². The lowest BCUT2D eigenvalue weighted by molar-refractivity contribution is 0.0690. The minimum atomic E-state index is -0.995. The van der Waals surface area contributed by atoms with Crippen molar-refractivity contribution in [3.63, 3.8) is 0 Å². The highest BCUT2D eigenvalue weighted by atomic mass is 16.5. The van der Waals surface area contributed by atoms with Gasteiger partial charge in [0.15, 0.2) is 0 Å². The van der Waals surface area contributed by atoms with Crippen molar-refractivity contribution in [2.75, 3.05) is 6.61 Å². The van der Waals surface area contributed by atoms with Crippen molar-refractivity contribution in [2.24, 2.45) is 5.41 Å². The summed E-state index contributed by atoms with van der Waals surface area (Å²) < 4.78 is 5.62. The average Bonchev–Trinajstić information content (AvgIpc) is 2.13. The number of rotatable bonds is 4. The third-order valence-corrected chi connectivity index (χ3v) is 2.62. The fourth-order valence-electron chi connectivity index (χ4n) is 1.63. The van der Waals surface area contributed by atoms with Crippen LogP contribution in [0.25, 0.3) is 0 Å². The van der Waals surface area contributed by atoms with E-state index in [-0.39, 0.29) is 11.0 Å². The number of aromatic carboxylic acids is 1. The van der Waals surface area contributed by atoms with Crippen LogP contribution in [0.5, 0.6) is 5.75 Å². The fourth-order valence-corrected chi connectivity index (χ4v) is 1.63. The molecule has 0 saturated heterocycles. The average molecular weight is 251 g/mol. The Labute approximate surface area is 108 Å². The summed E-state index contributed by atoms with van der Waals surface area (Å²) in [5, 5.41) is 9.18. The zero-order valence-corrected chi connectivity index (χ0v) is 11.7. The quantitative estimate of drug-likeness (QED) is 0.892. The summed E-state index contributed by atoms with van der Waals surface area (Å²) in [7, 11) is 0. The minimum Gasteiger partial charge on any atom is -0.493 e. The van der Waals surface area contributed by atoms with E-state index in [0.717, 1.165) is 12.1 Å². The van der Waals surface area contributed by atoms with Gasteiger partial charge in [0.2, 0.25) is 0 Å². The van der Waals surface area contributed by atoms with Crippen LogP contribution in [0, 0.1) is 19.3 Å². The molecule has 1 rings (SSSR count). The predicted octanol–water partition coefficient (Wildman–Crippen LogP) is 3.21. The molecule has 0 bridgehead atoms. The molecule has 1 N–H and O–H groups in total. The summed E-state index contributed by atoms with van der Waals surface area (Å²) in [4.78, 5) is 15.3. The molecule has 0 spiro atoms. The molecule has 1 aromatic rings. The molecular formula is C14H21NO3. The first-order valence-corrected chi connectivity index (χ1v) is 6.05. The standard InChI is InChI=1S/C14H21NO3/c1-9-8-11(18-7-6-14(3,4)5)12(13(16)17)10(2)15-9/h8H,6-7H2,1-5H3,(H,16,17). The molecule has 0 unspecified atom stereocenters. The molecule has 0 atom stereocenters. The van der Waals surface area contributed by atoms with Crippen LogP contribution in [-0.4, -0.2) is 22.7 Å². The van der Waals surface area contributed by atoms with Crippen LogP contribution >= 0.6 is 0 Å². The first-order valence-electron chi connectivity index (χ1n) is 6.05. The zero-order valence-electron chi connectivity index (χ0n) is 11.7. The molecule has 0 aliphatic heterocycles. The van der Waals surface area contributed by atoms with Crippen molar-refractivity contribution in [3.05, 3.63) is 23.0 Å². The summed E-state index contributed by atoms with van der Waals surface area (Å²) in [5.41, 5.74) is 1.59. The molecule has 4 heteroatoms. The number of pyridine rings is 1. The number of nitrogens with zero attached hydrogens (tertiary/aromatic N) is 1. The van der Waals surface area contributed by atoms with E-state index in [2.05, 4.69) is 25.8 Å². The van der Waals surface area contributed by atoms with Crippen LogP contribution in [0.1, 0.15) is 48.9 Å². The summed E-state index contributed by atoms with van der Waals surface area (Å²) in [6, 6.07) is 1.68. The zero-order chi connectivity index (χ0) is 13.9. The first kappa shape index (κ1) is 14.5. The third-order valence-electron chi connectivity index (χ3n) is 2.62. The number of carboxylic acids is 1. The van der Waals surface area contributed by atoms with E-state index in [1.165, 1.54) is 0 Å². The summed E-state index contributed by atoms with van der Waals surface area (Å²) in [5.74, 6) is -0.581. The summed E-state index contributed by atoms with van der Waals surface area (Å²) in [6.07, 6.45) is 0.868. The van der Waals surface area contributed by atoms with Crippen molar-refractivity contribution in [1.29, 1.82) is 0 Å². The Balaban J connectivity index is 2.90. The first-order chi connectivity index (χ1) is 8.20. The van der Waals surface area contributed by atoms with Gasteiger partial charge in [-0.05, 0) is 25.7 Å². The Kier molecular flexibility index (Phi) is 4.33. The SMILES string of the molecule is Cc1cc(OCCC(C)(C)C)c(C(=O)O)c(C)n1. The molecule has 4 nitrogen and oxygen atoms in total. The van der Waals surface area contributed by atoms with Gasteiger partial charge in [-0.25, -0.2) is 4.79 Å². The molecule has 0 radical (unpaired) electrons. The van der Waals surface area contributed by atoms with E-state index in [1.54, 1.807) is 13.0 Å². The van der Waals surface area contributed by atoms with Crippen molar-refractivity contribution in [2.45, 2.75) is 41.0 Å². The van der Waals surface area contributed by atoms with E-state index in [4.69, 9.17) is 4.74 Å². The van der Waals surface area contributed by atoms with Crippen LogP contribution < -0.4 is 4.74 Å². The highest BCUT2D eigenvalue weighted by Gasteiger charge is 2.17. The van der Waals surface area contributed by atoms with E-state index < -0.39 is 5.97 Å². The number of aryl methyl sites for hydroxylation is 2. The van der Waals surface area contributed by atoms with Gasteiger partial charge in [-0.1, -0.05) is 20.8 Å². The Morgan fingerprint density at radius 1 is 1.39 bits per heavy atom. The number of ether oxygens (including phenoxy) is 1. The van der Waals surface area contributed by atoms with Gasteiger partial charge in [-0.3, -0.25) is 4.98 Å². The van der Waals surface area contributed by atoms with Crippen LogP contribution in [0.4, 0.5) is 0 Å². The number of hydrogen-bond donors (Lipinski definition) is 1. The van der Waals surface area contributed by atoms with Gasteiger partial charge >= 0.3 is 5.97 Å². The molecule has 100 valence electrons. The normalized spacial score (nSPS) is 11.4. The van der Waals surface area contributed by atoms with E-state index in [0.29, 0.717) is 18.1 Å². The van der Waals surface area contributed by atoms with Gasteiger partial charge in [0, 0.05) is 11.8 Å². The fraction of sp³-hybridized carbons (Fsp3) is 0.571. The van der Waals surface area contributed by atoms with Gasteiger partial charge in [0.25, 0.3) is 0 Å². The maximum atomic E-state index is 11.2. The second-order valence-electron chi connectivity index (χ2n) is 5.69. The van der Waals surface area contributed by atoms with Crippen molar-refractivity contribution >= 4 is 5.97 Å². The van der Waals surface area contributed by atoms with E-state index >= 15 is 0 Å². The molecule has 0 aliphatic rings. The Morgan fingerprint density at radius 3 is 2.50 bits per heavy atom. The predicted molar refractivity (Wildman–Crippen MR) is 70.2 cm³/mol. The Hall–Kier alpha value is -1.58. The van der Waals surface area contributed by atoms with Gasteiger partial charge in [0.05, 0.1) is 12.3 Å². The second kappa shape index (κ2) is 5.38. The lowest BCUT2D eigenvalue weighted by atomic mass is 9.93. The molecule has 0 fully saturated rings. The summed E-state index contributed by atoms with van der Waals surface area (Å²) >= 11 is 0. The van der Waals surface area contributed by atoms with Crippen molar-refractivity contribution < 1.29 is 14.6 Å². The van der Waals surface area contributed by atoms with Crippen molar-refractivity contribution in [3.8, 4) is 5.75 Å². The largest absolute Gasteiger partial charge is 0.493 e. The number of hydrogen-bond acceptors (Lipinski definition) is 3. The smallest absolute Gasteiger partial charge is 0.341 e. The molecular weight excluding hydrogens is 230 g/mol. The number of carboxylic acid groups (broad SMARTS) is 1. The van der Waals surface area contributed by atoms with Gasteiger partial charge in [-0.15, -0.1) is 0 Å². The lowest BCUT2D eigenvalue weighted by Gasteiger charge is -2.19. The van der Waals surface area contributed by atoms with E-state index in [9.17, 15) is 9.90 Å². The molecule has 1 aromatic heterocycles. The van der Waals surface area contributed by atoms with Gasteiger partial charge in [0.1, 0.15) is 11.3 Å². The second-order valence-corrected chi connectivity index (χ2v) is 5.69. The minimum absolute atomic E-state index is 0.162. The molecule has 0 amide bonds. The topological polar surface area (TPSA) is 59.4 Å². The van der Waals surface area contributed by atoms with Gasteiger partial charge in [-0.2, -0.15) is 0 Å². The molecule has 1 heterocycles. The van der Waals surface area contributed by atoms with Crippen molar-refractivity contribution in [1.82, 2.24) is 4.98 Å². The number of aromatic nitrogens is 1. The van der Waals surface area contributed by atoms with Crippen LogP contribution in [0.2, 0.25) is 0 Å². The van der Waals surface area contributed by atoms with Crippen LogP contribution in [0.15, 0.2) is 6.07 Å². The third kappa shape index (κ3) is 4.02. The molecule has 0 aromatic carbocycles. The monoisotopic (exact) mass is 251 g/mol. The number of carbonyl (C=O) groups is 1. The highest BCUT2D eigenvalue weighted by molar-refractivity contribution is 5.92.